The summed E-state index contributed by atoms with van der Waals surface area (Å²) in [6, 6.07) is 12.2. The van der Waals surface area contributed by atoms with Crippen molar-refractivity contribution in [3.63, 3.8) is 0 Å². The number of aromatic nitrogens is 3. The molecule has 1 aliphatic carbocycles. The molecule has 0 radical (unpaired) electrons. The van der Waals surface area contributed by atoms with Gasteiger partial charge >= 0.3 is 0 Å². The minimum Gasteiger partial charge on any atom is -0.355 e. The number of nitrogens with zero attached hydrogens (tertiary/aromatic N) is 3. The minimum atomic E-state index is 0.0314. The average molecular weight is 375 g/mol. The number of hydrogen-bond acceptors (Lipinski definition) is 4. The average Bonchev–Trinajstić information content (AvgIpc) is 3.30. The molecule has 2 fully saturated rings. The number of rotatable bonds is 4. The van der Waals surface area contributed by atoms with Crippen LogP contribution in [0.1, 0.15) is 37.8 Å². The first-order chi connectivity index (χ1) is 13.7. The largest absolute Gasteiger partial charge is 0.355 e. The van der Waals surface area contributed by atoms with Crippen LogP contribution in [-0.2, 0) is 4.79 Å². The van der Waals surface area contributed by atoms with Gasteiger partial charge in [0.2, 0.25) is 5.91 Å². The van der Waals surface area contributed by atoms with Crippen molar-refractivity contribution in [3.05, 3.63) is 54.5 Å². The third-order valence-electron chi connectivity index (χ3n) is 6.43. The smallest absolute Gasteiger partial charge is 0.224 e. The van der Waals surface area contributed by atoms with Crippen molar-refractivity contribution < 1.29 is 4.79 Å². The van der Waals surface area contributed by atoms with E-state index in [1.807, 2.05) is 30.5 Å². The standard InChI is InChI=1S/C22H25N5O/c1-15(16-5-3-2-4-6-16)26-21(28)18-8-12-27(13-22(18)9-10-22)20-17-7-11-23-19(17)24-14-25-20/h2-7,11,14-15,18H,8-10,12-13H2,1H3,(H,26,28)(H,23,24,25). The fourth-order valence-electron chi connectivity index (χ4n) is 4.67. The first kappa shape index (κ1) is 17.2. The van der Waals surface area contributed by atoms with E-state index in [1.165, 1.54) is 0 Å². The van der Waals surface area contributed by atoms with Gasteiger partial charge in [-0.15, -0.1) is 0 Å². The highest BCUT2D eigenvalue weighted by Crippen LogP contribution is 2.56. The molecule has 3 heterocycles. The lowest BCUT2D eigenvalue weighted by Crippen LogP contribution is -2.48. The highest BCUT2D eigenvalue weighted by atomic mass is 16.2. The van der Waals surface area contributed by atoms with E-state index in [9.17, 15) is 4.79 Å². The van der Waals surface area contributed by atoms with E-state index in [4.69, 9.17) is 0 Å². The lowest BCUT2D eigenvalue weighted by Gasteiger charge is -2.39. The number of hydrogen-bond donors (Lipinski definition) is 2. The summed E-state index contributed by atoms with van der Waals surface area (Å²) in [7, 11) is 0. The zero-order valence-electron chi connectivity index (χ0n) is 16.1. The number of aromatic amines is 1. The van der Waals surface area contributed by atoms with Crippen molar-refractivity contribution in [2.24, 2.45) is 11.3 Å². The molecule has 2 aromatic heterocycles. The first-order valence-electron chi connectivity index (χ1n) is 10.0. The van der Waals surface area contributed by atoms with Crippen LogP contribution in [0.2, 0.25) is 0 Å². The Morgan fingerprint density at radius 2 is 2.07 bits per heavy atom. The predicted molar refractivity (Wildman–Crippen MR) is 109 cm³/mol. The maximum absolute atomic E-state index is 13.1. The molecule has 2 unspecified atom stereocenters. The predicted octanol–water partition coefficient (Wildman–Crippen LogP) is 3.44. The van der Waals surface area contributed by atoms with Gasteiger partial charge in [-0.1, -0.05) is 30.3 Å². The van der Waals surface area contributed by atoms with E-state index >= 15 is 0 Å². The van der Waals surface area contributed by atoms with Crippen molar-refractivity contribution in [3.8, 4) is 0 Å². The Bertz CT molecular complexity index is 994. The van der Waals surface area contributed by atoms with E-state index in [0.29, 0.717) is 0 Å². The van der Waals surface area contributed by atoms with Crippen LogP contribution in [-0.4, -0.2) is 33.9 Å². The lowest BCUT2D eigenvalue weighted by atomic mass is 9.81. The van der Waals surface area contributed by atoms with Gasteiger partial charge in [-0.3, -0.25) is 4.79 Å². The number of H-pyrrole nitrogens is 1. The summed E-state index contributed by atoms with van der Waals surface area (Å²) in [5, 5.41) is 4.31. The van der Waals surface area contributed by atoms with E-state index in [1.54, 1.807) is 6.33 Å². The van der Waals surface area contributed by atoms with Gasteiger partial charge in [-0.2, -0.15) is 0 Å². The molecular weight excluding hydrogens is 350 g/mol. The molecule has 28 heavy (non-hydrogen) atoms. The Morgan fingerprint density at radius 3 is 2.86 bits per heavy atom. The number of amides is 1. The summed E-state index contributed by atoms with van der Waals surface area (Å²) in [4.78, 5) is 27.4. The van der Waals surface area contributed by atoms with Crippen LogP contribution < -0.4 is 10.2 Å². The molecule has 1 saturated heterocycles. The monoisotopic (exact) mass is 375 g/mol. The van der Waals surface area contributed by atoms with Gasteiger partial charge in [-0.05, 0) is 43.2 Å². The van der Waals surface area contributed by atoms with Crippen LogP contribution >= 0.6 is 0 Å². The number of carbonyl (C=O) groups is 1. The number of fused-ring (bicyclic) bond motifs is 1. The van der Waals surface area contributed by atoms with Crippen molar-refractivity contribution >= 4 is 22.8 Å². The van der Waals surface area contributed by atoms with E-state index in [2.05, 4.69) is 44.2 Å². The molecule has 2 atom stereocenters. The van der Waals surface area contributed by atoms with Crippen LogP contribution in [0.4, 0.5) is 5.82 Å². The molecule has 1 amide bonds. The van der Waals surface area contributed by atoms with Gasteiger partial charge in [0.25, 0.3) is 0 Å². The van der Waals surface area contributed by atoms with Gasteiger partial charge in [-0.25, -0.2) is 9.97 Å². The third-order valence-corrected chi connectivity index (χ3v) is 6.43. The second kappa shape index (κ2) is 6.62. The SMILES string of the molecule is CC(NC(=O)C1CCN(c2ncnc3[nH]ccc23)CC12CC2)c1ccccc1. The van der Waals surface area contributed by atoms with E-state index in [0.717, 1.165) is 54.8 Å². The maximum atomic E-state index is 13.1. The molecule has 1 saturated carbocycles. The number of piperidine rings is 1. The van der Waals surface area contributed by atoms with Crippen LogP contribution in [0.5, 0.6) is 0 Å². The van der Waals surface area contributed by atoms with Gasteiger partial charge in [0.15, 0.2) is 0 Å². The molecule has 6 nitrogen and oxygen atoms in total. The molecule has 1 aliphatic heterocycles. The van der Waals surface area contributed by atoms with Gasteiger partial charge in [0.1, 0.15) is 17.8 Å². The van der Waals surface area contributed by atoms with Crippen LogP contribution in [0.15, 0.2) is 48.9 Å². The third kappa shape index (κ3) is 2.93. The molecule has 2 aliphatic rings. The van der Waals surface area contributed by atoms with Gasteiger partial charge < -0.3 is 15.2 Å². The highest BCUT2D eigenvalue weighted by molar-refractivity contribution is 5.87. The summed E-state index contributed by atoms with van der Waals surface area (Å²) >= 11 is 0. The topological polar surface area (TPSA) is 73.9 Å². The van der Waals surface area contributed by atoms with E-state index < -0.39 is 0 Å². The van der Waals surface area contributed by atoms with Crippen LogP contribution in [0.25, 0.3) is 11.0 Å². The second-order valence-electron chi connectivity index (χ2n) is 8.20. The molecule has 2 N–H and O–H groups in total. The van der Waals surface area contributed by atoms with Crippen LogP contribution in [0.3, 0.4) is 0 Å². The van der Waals surface area contributed by atoms with Crippen molar-refractivity contribution in [1.29, 1.82) is 0 Å². The molecule has 6 heteroatoms. The maximum Gasteiger partial charge on any atom is 0.224 e. The minimum absolute atomic E-state index is 0.0314. The Hall–Kier alpha value is -2.89. The molecular formula is C22H25N5O. The highest BCUT2D eigenvalue weighted by Gasteiger charge is 2.55. The fraction of sp³-hybridized carbons (Fsp3) is 0.409. The molecule has 1 aromatic carbocycles. The molecule has 3 aromatic rings. The van der Waals surface area contributed by atoms with Crippen molar-refractivity contribution in [2.75, 3.05) is 18.0 Å². The summed E-state index contributed by atoms with van der Waals surface area (Å²) < 4.78 is 0. The second-order valence-corrected chi connectivity index (χ2v) is 8.20. The summed E-state index contributed by atoms with van der Waals surface area (Å²) in [6.45, 7) is 3.80. The summed E-state index contributed by atoms with van der Waals surface area (Å²) in [6.07, 6.45) is 6.61. The Kier molecular flexibility index (Phi) is 4.07. The zero-order valence-corrected chi connectivity index (χ0v) is 16.1. The Labute approximate surface area is 164 Å². The number of carbonyl (C=O) groups excluding carboxylic acids is 1. The summed E-state index contributed by atoms with van der Waals surface area (Å²) in [5.74, 6) is 1.26. The summed E-state index contributed by atoms with van der Waals surface area (Å²) in [5.41, 5.74) is 2.10. The lowest BCUT2D eigenvalue weighted by molar-refractivity contribution is -0.128. The molecule has 1 spiro atoms. The number of anilines is 1. The van der Waals surface area contributed by atoms with Crippen LogP contribution in [0, 0.1) is 11.3 Å². The molecule has 0 bridgehead atoms. The van der Waals surface area contributed by atoms with E-state index in [-0.39, 0.29) is 23.3 Å². The van der Waals surface area contributed by atoms with Crippen molar-refractivity contribution in [2.45, 2.75) is 32.2 Å². The molecule has 144 valence electrons. The van der Waals surface area contributed by atoms with Crippen molar-refractivity contribution in [1.82, 2.24) is 20.3 Å². The quantitative estimate of drug-likeness (QED) is 0.733. The van der Waals surface area contributed by atoms with Gasteiger partial charge in [0.05, 0.1) is 11.4 Å². The Morgan fingerprint density at radius 1 is 1.25 bits per heavy atom. The Balaban J connectivity index is 1.32. The normalized spacial score (nSPS) is 21.6. The first-order valence-corrected chi connectivity index (χ1v) is 10.0. The van der Waals surface area contributed by atoms with Gasteiger partial charge in [0, 0.05) is 25.2 Å². The molecule has 5 rings (SSSR count). The fourth-order valence-corrected chi connectivity index (χ4v) is 4.67. The number of benzene rings is 1. The zero-order chi connectivity index (χ0) is 19.1. The number of nitrogens with one attached hydrogen (secondary N) is 2.